The summed E-state index contributed by atoms with van der Waals surface area (Å²) >= 11 is 0. The number of rotatable bonds is 3. The predicted molar refractivity (Wildman–Crippen MR) is 45.7 cm³/mol. The maximum atomic E-state index is 4.86. The van der Waals surface area contributed by atoms with E-state index in [1.807, 2.05) is 12.2 Å². The zero-order chi connectivity index (χ0) is 7.94. The summed E-state index contributed by atoms with van der Waals surface area (Å²) in [5.41, 5.74) is 1.24. The van der Waals surface area contributed by atoms with Gasteiger partial charge in [0, 0.05) is 0 Å². The van der Waals surface area contributed by atoms with E-state index in [0.717, 1.165) is 12.8 Å². The summed E-state index contributed by atoms with van der Waals surface area (Å²) in [6.07, 6.45) is 12.7. The largest absolute Gasteiger partial charge is 0.300 e. The summed E-state index contributed by atoms with van der Waals surface area (Å²) in [6, 6.07) is 0. The van der Waals surface area contributed by atoms with Gasteiger partial charge in [0.05, 0.1) is 6.61 Å². The fraction of sp³-hybridized carbons (Fsp3) is 0.333. The summed E-state index contributed by atoms with van der Waals surface area (Å²) in [5, 5.41) is 0. The van der Waals surface area contributed by atoms with E-state index in [4.69, 9.17) is 5.90 Å². The first-order valence-corrected chi connectivity index (χ1v) is 3.78. The molecule has 0 radical (unpaired) electrons. The minimum Gasteiger partial charge on any atom is -0.300 e. The molecule has 0 unspecified atom stereocenters. The molecule has 0 saturated heterocycles. The van der Waals surface area contributed by atoms with Crippen LogP contribution < -0.4 is 5.90 Å². The summed E-state index contributed by atoms with van der Waals surface area (Å²) in [7, 11) is 0. The van der Waals surface area contributed by atoms with Gasteiger partial charge < -0.3 is 4.84 Å². The van der Waals surface area contributed by atoms with Gasteiger partial charge in [0.25, 0.3) is 0 Å². The fourth-order valence-electron chi connectivity index (χ4n) is 0.997. The quantitative estimate of drug-likeness (QED) is 0.623. The van der Waals surface area contributed by atoms with Crippen LogP contribution in [0.1, 0.15) is 12.8 Å². The standard InChI is InChI=1S/C9H13NO/c10-11-8-4-7-9-5-2-1-3-6-9/h2,4-7H,1,3,8,10H2/b7-4+. The molecule has 0 aromatic heterocycles. The first-order chi connectivity index (χ1) is 5.43. The number of hydrogen-bond acceptors (Lipinski definition) is 2. The molecule has 0 aliphatic heterocycles. The smallest absolute Gasteiger partial charge is 0.0864 e. The van der Waals surface area contributed by atoms with Crippen LogP contribution in [-0.4, -0.2) is 6.61 Å². The molecule has 0 bridgehead atoms. The Kier molecular flexibility index (Phi) is 3.65. The van der Waals surface area contributed by atoms with E-state index in [1.165, 1.54) is 5.57 Å². The molecule has 0 aromatic rings. The van der Waals surface area contributed by atoms with Gasteiger partial charge in [0.2, 0.25) is 0 Å². The minimum atomic E-state index is 0.477. The van der Waals surface area contributed by atoms with Gasteiger partial charge in [0.15, 0.2) is 0 Å². The molecule has 0 atom stereocenters. The van der Waals surface area contributed by atoms with Crippen LogP contribution in [0.3, 0.4) is 0 Å². The normalized spacial score (nSPS) is 17.4. The van der Waals surface area contributed by atoms with Gasteiger partial charge in [-0.2, -0.15) is 0 Å². The molecule has 0 heterocycles. The molecule has 2 heteroatoms. The number of hydrogen-bond donors (Lipinski definition) is 1. The molecule has 1 aliphatic rings. The lowest BCUT2D eigenvalue weighted by molar-refractivity contribution is 0.168. The number of nitrogens with two attached hydrogens (primary N) is 1. The van der Waals surface area contributed by atoms with Crippen molar-refractivity contribution < 1.29 is 4.84 Å². The van der Waals surface area contributed by atoms with E-state index in [9.17, 15) is 0 Å². The third-order valence-corrected chi connectivity index (χ3v) is 1.53. The molecule has 0 aromatic carbocycles. The summed E-state index contributed by atoms with van der Waals surface area (Å²) in [4.78, 5) is 4.39. The summed E-state index contributed by atoms with van der Waals surface area (Å²) in [6.45, 7) is 0.477. The van der Waals surface area contributed by atoms with Crippen LogP contribution in [0.2, 0.25) is 0 Å². The summed E-state index contributed by atoms with van der Waals surface area (Å²) in [5.74, 6) is 4.86. The highest BCUT2D eigenvalue weighted by Gasteiger charge is 1.90. The van der Waals surface area contributed by atoms with Gasteiger partial charge in [0.1, 0.15) is 0 Å². The Bertz CT molecular complexity index is 192. The van der Waals surface area contributed by atoms with Gasteiger partial charge >= 0.3 is 0 Å². The lowest BCUT2D eigenvalue weighted by Gasteiger charge is -1.99. The molecule has 60 valence electrons. The van der Waals surface area contributed by atoms with Crippen molar-refractivity contribution in [1.29, 1.82) is 0 Å². The van der Waals surface area contributed by atoms with E-state index < -0.39 is 0 Å². The second-order valence-corrected chi connectivity index (χ2v) is 2.42. The van der Waals surface area contributed by atoms with Crippen molar-refractivity contribution in [3.05, 3.63) is 36.0 Å². The van der Waals surface area contributed by atoms with Gasteiger partial charge in [-0.25, -0.2) is 5.90 Å². The van der Waals surface area contributed by atoms with Crippen molar-refractivity contribution >= 4 is 0 Å². The molecule has 2 nitrogen and oxygen atoms in total. The van der Waals surface area contributed by atoms with E-state index in [-0.39, 0.29) is 0 Å². The Labute approximate surface area is 67.0 Å². The third kappa shape index (κ3) is 3.16. The Balaban J connectivity index is 2.35. The Hall–Kier alpha value is -0.860. The van der Waals surface area contributed by atoms with E-state index in [1.54, 1.807) is 0 Å². The molecule has 11 heavy (non-hydrogen) atoms. The molecule has 2 N–H and O–H groups in total. The van der Waals surface area contributed by atoms with Crippen molar-refractivity contribution in [2.45, 2.75) is 12.8 Å². The average Bonchev–Trinajstić information content (AvgIpc) is 2.07. The lowest BCUT2D eigenvalue weighted by atomic mass is 10.1. The molecular weight excluding hydrogens is 138 g/mol. The molecule has 0 saturated carbocycles. The fourth-order valence-corrected chi connectivity index (χ4v) is 0.997. The van der Waals surface area contributed by atoms with Crippen LogP contribution in [0.5, 0.6) is 0 Å². The molecular formula is C9H13NO. The van der Waals surface area contributed by atoms with Crippen LogP contribution in [0, 0.1) is 0 Å². The molecule has 0 fully saturated rings. The van der Waals surface area contributed by atoms with Crippen LogP contribution in [-0.2, 0) is 4.84 Å². The van der Waals surface area contributed by atoms with Crippen LogP contribution in [0.4, 0.5) is 0 Å². The Morgan fingerprint density at radius 3 is 3.09 bits per heavy atom. The monoisotopic (exact) mass is 151 g/mol. The SMILES string of the molecule is NOC/C=C/C1=CCCC=C1. The van der Waals surface area contributed by atoms with Crippen LogP contribution in [0.15, 0.2) is 36.0 Å². The summed E-state index contributed by atoms with van der Waals surface area (Å²) < 4.78 is 0. The Morgan fingerprint density at radius 1 is 1.55 bits per heavy atom. The first kappa shape index (κ1) is 8.24. The zero-order valence-corrected chi connectivity index (χ0v) is 6.49. The number of allylic oxidation sites excluding steroid dienone is 5. The highest BCUT2D eigenvalue weighted by molar-refractivity contribution is 5.32. The first-order valence-electron chi connectivity index (χ1n) is 3.78. The van der Waals surface area contributed by atoms with Crippen LogP contribution >= 0.6 is 0 Å². The topological polar surface area (TPSA) is 35.2 Å². The van der Waals surface area contributed by atoms with Gasteiger partial charge in [-0.3, -0.25) is 0 Å². The van der Waals surface area contributed by atoms with Gasteiger partial charge in [-0.1, -0.05) is 30.4 Å². The zero-order valence-electron chi connectivity index (χ0n) is 6.49. The average molecular weight is 151 g/mol. The van der Waals surface area contributed by atoms with Crippen molar-refractivity contribution in [2.24, 2.45) is 5.90 Å². The van der Waals surface area contributed by atoms with E-state index >= 15 is 0 Å². The van der Waals surface area contributed by atoms with Crippen molar-refractivity contribution in [3.63, 3.8) is 0 Å². The van der Waals surface area contributed by atoms with Crippen molar-refractivity contribution in [2.75, 3.05) is 6.61 Å². The highest BCUT2D eigenvalue weighted by atomic mass is 16.6. The molecule has 1 aliphatic carbocycles. The van der Waals surface area contributed by atoms with Crippen molar-refractivity contribution in [3.8, 4) is 0 Å². The second kappa shape index (κ2) is 4.88. The second-order valence-electron chi connectivity index (χ2n) is 2.42. The van der Waals surface area contributed by atoms with E-state index in [0.29, 0.717) is 6.61 Å². The lowest BCUT2D eigenvalue weighted by Crippen LogP contribution is -1.97. The maximum Gasteiger partial charge on any atom is 0.0864 e. The Morgan fingerprint density at radius 2 is 2.45 bits per heavy atom. The van der Waals surface area contributed by atoms with Gasteiger partial charge in [-0.05, 0) is 18.4 Å². The third-order valence-electron chi connectivity index (χ3n) is 1.53. The van der Waals surface area contributed by atoms with Gasteiger partial charge in [-0.15, -0.1) is 0 Å². The maximum absolute atomic E-state index is 4.86. The predicted octanol–water partition coefficient (Wildman–Crippen LogP) is 1.71. The van der Waals surface area contributed by atoms with Crippen LogP contribution in [0.25, 0.3) is 0 Å². The minimum absolute atomic E-state index is 0.477. The van der Waals surface area contributed by atoms with E-state index in [2.05, 4.69) is 23.1 Å². The highest BCUT2D eigenvalue weighted by Crippen LogP contribution is 2.09. The molecule has 0 spiro atoms. The molecule has 1 rings (SSSR count). The molecule has 0 amide bonds. The van der Waals surface area contributed by atoms with Crippen molar-refractivity contribution in [1.82, 2.24) is 0 Å².